The summed E-state index contributed by atoms with van der Waals surface area (Å²) in [6.45, 7) is 4.76. The van der Waals surface area contributed by atoms with Crippen molar-refractivity contribution in [2.45, 2.75) is 25.9 Å². The van der Waals surface area contributed by atoms with Crippen molar-refractivity contribution in [1.82, 2.24) is 14.5 Å². The maximum atomic E-state index is 14.7. The molecule has 0 spiro atoms. The topological polar surface area (TPSA) is 70.5 Å². The second-order valence-electron chi connectivity index (χ2n) is 6.95. The van der Waals surface area contributed by atoms with Gasteiger partial charge in [-0.2, -0.15) is 0 Å². The number of nitrogens with zero attached hydrogens (tertiary/aromatic N) is 4. The molecule has 1 amide bonds. The van der Waals surface area contributed by atoms with E-state index >= 15 is 0 Å². The summed E-state index contributed by atoms with van der Waals surface area (Å²) in [5.74, 6) is -0.709. The lowest BCUT2D eigenvalue weighted by Gasteiger charge is -2.47. The number of aromatic nitrogens is 2. The number of carbonyl (C=O) groups excluding carboxylic acids is 1. The van der Waals surface area contributed by atoms with E-state index in [0.29, 0.717) is 24.2 Å². The Labute approximate surface area is 144 Å². The van der Waals surface area contributed by atoms with Crippen molar-refractivity contribution in [2.75, 3.05) is 30.4 Å². The molecule has 2 unspecified atom stereocenters. The molecule has 1 saturated heterocycles. The first-order chi connectivity index (χ1) is 11.8. The molecule has 0 radical (unpaired) electrons. The highest BCUT2D eigenvalue weighted by Crippen LogP contribution is 2.38. The molecule has 0 saturated carbocycles. The Kier molecular flexibility index (Phi) is 3.37. The third-order valence-corrected chi connectivity index (χ3v) is 5.40. The third kappa shape index (κ3) is 2.10. The van der Waals surface area contributed by atoms with Crippen LogP contribution in [0.1, 0.15) is 12.6 Å². The normalized spacial score (nSPS) is 23.4. The van der Waals surface area contributed by atoms with E-state index in [9.17, 15) is 14.0 Å². The number of rotatable bonds is 0. The highest BCUT2D eigenvalue weighted by molar-refractivity contribution is 6.10. The molecular weight excluding hydrogens is 325 g/mol. The fourth-order valence-electron chi connectivity index (χ4n) is 3.77. The lowest BCUT2D eigenvalue weighted by molar-refractivity contribution is -0.118. The molecule has 0 bridgehead atoms. The van der Waals surface area contributed by atoms with Gasteiger partial charge in [0.1, 0.15) is 11.7 Å². The number of hydrogen-bond acceptors (Lipinski definition) is 5. The van der Waals surface area contributed by atoms with Crippen LogP contribution in [0.15, 0.2) is 11.0 Å². The van der Waals surface area contributed by atoms with E-state index in [2.05, 4.69) is 22.1 Å². The van der Waals surface area contributed by atoms with Crippen molar-refractivity contribution >= 4 is 28.2 Å². The Morgan fingerprint density at radius 2 is 2.00 bits per heavy atom. The summed E-state index contributed by atoms with van der Waals surface area (Å²) >= 11 is 0. The number of carbonyl (C=O) groups is 1. The van der Waals surface area contributed by atoms with Gasteiger partial charge in [0.15, 0.2) is 5.82 Å². The quantitative estimate of drug-likeness (QED) is 0.766. The highest BCUT2D eigenvalue weighted by Gasteiger charge is 2.41. The number of anilines is 2. The van der Waals surface area contributed by atoms with E-state index in [1.165, 1.54) is 11.6 Å². The van der Waals surface area contributed by atoms with Gasteiger partial charge < -0.3 is 14.8 Å². The smallest absolute Gasteiger partial charge is 0.276 e. The van der Waals surface area contributed by atoms with Crippen LogP contribution in [0.25, 0.3) is 10.9 Å². The summed E-state index contributed by atoms with van der Waals surface area (Å²) in [7, 11) is 3.48. The van der Waals surface area contributed by atoms with Crippen LogP contribution in [0, 0.1) is 12.7 Å². The van der Waals surface area contributed by atoms with E-state index in [4.69, 9.17) is 0 Å². The number of piperazine rings is 1. The van der Waals surface area contributed by atoms with Gasteiger partial charge >= 0.3 is 0 Å². The summed E-state index contributed by atoms with van der Waals surface area (Å²) in [6.07, 6.45) is 1.59. The first kappa shape index (κ1) is 16.0. The summed E-state index contributed by atoms with van der Waals surface area (Å²) < 4.78 is 16.0. The fourth-order valence-corrected chi connectivity index (χ4v) is 3.77. The first-order valence-corrected chi connectivity index (χ1v) is 8.26. The zero-order chi connectivity index (χ0) is 18.0. The maximum Gasteiger partial charge on any atom is 0.276 e. The molecule has 2 aromatic rings. The summed E-state index contributed by atoms with van der Waals surface area (Å²) in [5.41, 5.74) is 0.834. The van der Waals surface area contributed by atoms with Crippen molar-refractivity contribution in [3.05, 3.63) is 28.1 Å². The second-order valence-corrected chi connectivity index (χ2v) is 6.95. The van der Waals surface area contributed by atoms with Gasteiger partial charge in [-0.1, -0.05) is 0 Å². The number of pyridine rings is 2. The molecule has 2 aliphatic rings. The Balaban J connectivity index is 2.07. The molecule has 2 aromatic heterocycles. The Morgan fingerprint density at radius 1 is 1.28 bits per heavy atom. The molecule has 1 N–H and O–H groups in total. The SMILES string of the molecule is Cc1ncc2c3c(c(=O)n(C)c2c1F)NC(=O)C1CN(C)C(C)CN31. The predicted octanol–water partition coefficient (Wildman–Crippen LogP) is 0.842. The molecule has 4 rings (SSSR count). The van der Waals surface area contributed by atoms with Crippen LogP contribution in [0.5, 0.6) is 0 Å². The maximum absolute atomic E-state index is 14.7. The van der Waals surface area contributed by atoms with Gasteiger partial charge in [-0.15, -0.1) is 0 Å². The van der Waals surface area contributed by atoms with E-state index in [1.54, 1.807) is 13.1 Å². The Morgan fingerprint density at radius 3 is 2.72 bits per heavy atom. The molecule has 1 fully saturated rings. The minimum absolute atomic E-state index is 0.205. The second kappa shape index (κ2) is 5.26. The van der Waals surface area contributed by atoms with Crippen LogP contribution < -0.4 is 15.8 Å². The molecule has 132 valence electrons. The molecular formula is C17H20FN5O2. The van der Waals surface area contributed by atoms with E-state index < -0.39 is 17.4 Å². The zero-order valence-corrected chi connectivity index (χ0v) is 14.6. The number of halogens is 1. The number of hydrogen-bond donors (Lipinski definition) is 1. The molecule has 7 nitrogen and oxygen atoms in total. The van der Waals surface area contributed by atoms with Crippen molar-refractivity contribution in [3.63, 3.8) is 0 Å². The van der Waals surface area contributed by atoms with Crippen LogP contribution in [0.4, 0.5) is 15.8 Å². The molecule has 0 aliphatic carbocycles. The summed E-state index contributed by atoms with van der Waals surface area (Å²) in [4.78, 5) is 33.5. The average Bonchev–Trinajstić information content (AvgIpc) is 2.57. The van der Waals surface area contributed by atoms with Crippen LogP contribution in [-0.2, 0) is 11.8 Å². The van der Waals surface area contributed by atoms with Crippen LogP contribution in [0.2, 0.25) is 0 Å². The highest BCUT2D eigenvalue weighted by atomic mass is 19.1. The number of nitrogens with one attached hydrogen (secondary N) is 1. The summed E-state index contributed by atoms with van der Waals surface area (Å²) in [5, 5.41) is 3.28. The lowest BCUT2D eigenvalue weighted by atomic mass is 10.0. The largest absolute Gasteiger partial charge is 0.354 e. The van der Waals surface area contributed by atoms with Gasteiger partial charge in [-0.25, -0.2) is 4.39 Å². The molecule has 0 aromatic carbocycles. The molecule has 8 heteroatoms. The zero-order valence-electron chi connectivity index (χ0n) is 14.6. The number of aryl methyl sites for hydroxylation is 2. The number of fused-ring (bicyclic) bond motifs is 5. The average molecular weight is 345 g/mol. The van der Waals surface area contributed by atoms with Gasteiger partial charge in [0.2, 0.25) is 5.91 Å². The molecule has 2 aliphatic heterocycles. The van der Waals surface area contributed by atoms with E-state index in [1.807, 2.05) is 11.9 Å². The summed E-state index contributed by atoms with van der Waals surface area (Å²) in [6, 6.07) is -0.203. The monoisotopic (exact) mass is 345 g/mol. The predicted molar refractivity (Wildman–Crippen MR) is 93.5 cm³/mol. The Bertz CT molecular complexity index is 970. The van der Waals surface area contributed by atoms with Crippen molar-refractivity contribution < 1.29 is 9.18 Å². The van der Waals surface area contributed by atoms with Crippen molar-refractivity contribution in [2.24, 2.45) is 7.05 Å². The van der Waals surface area contributed by atoms with Gasteiger partial charge in [0.25, 0.3) is 5.56 Å². The van der Waals surface area contributed by atoms with Gasteiger partial charge in [0, 0.05) is 37.8 Å². The van der Waals surface area contributed by atoms with Crippen LogP contribution in [-0.4, -0.2) is 52.6 Å². The fraction of sp³-hybridized carbons (Fsp3) is 0.471. The van der Waals surface area contributed by atoms with Crippen molar-refractivity contribution in [3.8, 4) is 0 Å². The number of amides is 1. The molecule has 25 heavy (non-hydrogen) atoms. The lowest BCUT2D eigenvalue weighted by Crippen LogP contribution is -2.62. The minimum atomic E-state index is -0.504. The van der Waals surface area contributed by atoms with Gasteiger partial charge in [-0.3, -0.25) is 19.5 Å². The number of likely N-dealkylation sites (N-methyl/N-ethyl adjacent to an activating group) is 1. The van der Waals surface area contributed by atoms with E-state index in [0.717, 1.165) is 0 Å². The van der Waals surface area contributed by atoms with Crippen LogP contribution in [0.3, 0.4) is 0 Å². The third-order valence-electron chi connectivity index (χ3n) is 5.40. The van der Waals surface area contributed by atoms with Crippen molar-refractivity contribution in [1.29, 1.82) is 0 Å². The van der Waals surface area contributed by atoms with Gasteiger partial charge in [-0.05, 0) is 20.9 Å². The Hall–Kier alpha value is -2.48. The molecule has 4 heterocycles. The standard InChI is InChI=1S/C17H20FN5O2/c1-8-6-23-11(7-21(8)3)16(24)20-13-15(23)10-5-19-9(2)12(18)14(10)22(4)17(13)25/h5,8,11H,6-7H2,1-4H3,(H,20,24). The van der Waals surface area contributed by atoms with Crippen LogP contribution >= 0.6 is 0 Å². The first-order valence-electron chi connectivity index (χ1n) is 8.26. The minimum Gasteiger partial charge on any atom is -0.354 e. The van der Waals surface area contributed by atoms with E-state index in [-0.39, 0.29) is 28.8 Å². The molecule has 2 atom stereocenters. The van der Waals surface area contributed by atoms with Gasteiger partial charge in [0.05, 0.1) is 16.9 Å².